The normalized spacial score (nSPS) is 11.1. The van der Waals surface area contributed by atoms with Crippen LogP contribution in [0, 0.1) is 10.1 Å². The van der Waals surface area contributed by atoms with Gasteiger partial charge in [-0.05, 0) is 28.1 Å². The topological polar surface area (TPSA) is 141 Å². The lowest BCUT2D eigenvalue weighted by atomic mass is 10.3. The molecule has 0 saturated carbocycles. The highest BCUT2D eigenvalue weighted by Crippen LogP contribution is 2.27. The first kappa shape index (κ1) is 15.1. The van der Waals surface area contributed by atoms with Gasteiger partial charge in [-0.15, -0.1) is 0 Å². The van der Waals surface area contributed by atoms with Crippen molar-refractivity contribution < 1.29 is 13.3 Å². The molecule has 0 aliphatic rings. The average Bonchev–Trinajstić information content (AvgIpc) is 2.40. The highest BCUT2D eigenvalue weighted by molar-refractivity contribution is 9.10. The number of aromatic nitrogens is 2. The lowest BCUT2D eigenvalue weighted by molar-refractivity contribution is -0.387. The monoisotopic (exact) mass is 373 g/mol. The van der Waals surface area contributed by atoms with E-state index in [1.165, 1.54) is 18.5 Å². The fourth-order valence-corrected chi connectivity index (χ4v) is 2.81. The number of halogens is 1. The van der Waals surface area contributed by atoms with E-state index in [0.29, 0.717) is 4.60 Å². The van der Waals surface area contributed by atoms with E-state index in [2.05, 4.69) is 30.6 Å². The second kappa shape index (κ2) is 5.61. The molecule has 0 unspecified atom stereocenters. The van der Waals surface area contributed by atoms with Crippen molar-refractivity contribution in [2.75, 3.05) is 10.5 Å². The van der Waals surface area contributed by atoms with Gasteiger partial charge in [0, 0.05) is 11.8 Å². The molecule has 1 heterocycles. The van der Waals surface area contributed by atoms with Crippen LogP contribution in [0.3, 0.4) is 0 Å². The van der Waals surface area contributed by atoms with E-state index in [1.54, 1.807) is 0 Å². The van der Waals surface area contributed by atoms with E-state index in [-0.39, 0.29) is 11.5 Å². The number of nitro benzene ring substituents is 1. The van der Waals surface area contributed by atoms with Crippen LogP contribution in [0.25, 0.3) is 0 Å². The zero-order valence-electron chi connectivity index (χ0n) is 10.2. The Hall–Kier alpha value is -2.27. The third-order valence-electron chi connectivity index (χ3n) is 2.33. The molecule has 0 bridgehead atoms. The number of anilines is 2. The molecule has 0 amide bonds. The Morgan fingerprint density at radius 2 is 2.00 bits per heavy atom. The van der Waals surface area contributed by atoms with E-state index in [4.69, 9.17) is 5.73 Å². The Bertz CT molecular complexity index is 794. The second-order valence-corrected chi connectivity index (χ2v) is 6.28. The smallest absolute Gasteiger partial charge is 0.291 e. The van der Waals surface area contributed by atoms with E-state index >= 15 is 0 Å². The zero-order valence-corrected chi connectivity index (χ0v) is 12.6. The lowest BCUT2D eigenvalue weighted by Gasteiger charge is -2.07. The molecule has 11 heteroatoms. The molecule has 0 fully saturated rings. The van der Waals surface area contributed by atoms with Gasteiger partial charge in [0.15, 0.2) is 10.7 Å². The molecule has 2 aromatic rings. The molecule has 0 spiro atoms. The third-order valence-corrected chi connectivity index (χ3v) is 4.14. The van der Waals surface area contributed by atoms with Gasteiger partial charge in [0.1, 0.15) is 4.60 Å². The van der Waals surface area contributed by atoms with Gasteiger partial charge in [-0.1, -0.05) is 0 Å². The zero-order chi connectivity index (χ0) is 15.6. The molecular weight excluding hydrogens is 366 g/mol. The number of hydrogen-bond acceptors (Lipinski definition) is 7. The van der Waals surface area contributed by atoms with Gasteiger partial charge in [0.05, 0.1) is 17.3 Å². The van der Waals surface area contributed by atoms with Crippen molar-refractivity contribution in [3.05, 3.63) is 45.3 Å². The predicted octanol–water partition coefficient (Wildman–Crippen LogP) is 1.53. The first-order chi connectivity index (χ1) is 9.79. The van der Waals surface area contributed by atoms with Crippen LogP contribution >= 0.6 is 15.9 Å². The number of nitrogens with two attached hydrogens (primary N) is 1. The predicted molar refractivity (Wildman–Crippen MR) is 78.0 cm³/mol. The number of nitrogens with one attached hydrogen (secondary N) is 1. The van der Waals surface area contributed by atoms with E-state index in [0.717, 1.165) is 12.1 Å². The largest absolute Gasteiger partial charge is 0.399 e. The summed E-state index contributed by atoms with van der Waals surface area (Å²) in [5.41, 5.74) is 4.90. The van der Waals surface area contributed by atoms with Gasteiger partial charge >= 0.3 is 0 Å². The quantitative estimate of drug-likeness (QED) is 0.470. The minimum Gasteiger partial charge on any atom is -0.399 e. The van der Waals surface area contributed by atoms with Crippen LogP contribution in [0.4, 0.5) is 17.2 Å². The molecular formula is C10H8BrN5O4S. The van der Waals surface area contributed by atoms with Crippen LogP contribution < -0.4 is 10.5 Å². The summed E-state index contributed by atoms with van der Waals surface area (Å²) in [6.07, 6.45) is 2.46. The fourth-order valence-electron chi connectivity index (χ4n) is 1.46. The van der Waals surface area contributed by atoms with Crippen molar-refractivity contribution in [3.8, 4) is 0 Å². The molecule has 0 atom stereocenters. The summed E-state index contributed by atoms with van der Waals surface area (Å²) >= 11 is 3.05. The third kappa shape index (κ3) is 3.44. The summed E-state index contributed by atoms with van der Waals surface area (Å²) in [7, 11) is -4.18. The van der Waals surface area contributed by atoms with Crippen LogP contribution in [0.1, 0.15) is 0 Å². The minimum atomic E-state index is -4.18. The number of nitrogen functional groups attached to an aromatic ring is 1. The van der Waals surface area contributed by atoms with Gasteiger partial charge < -0.3 is 5.73 Å². The van der Waals surface area contributed by atoms with Gasteiger partial charge in [-0.25, -0.2) is 18.4 Å². The van der Waals surface area contributed by atoms with E-state index < -0.39 is 25.5 Å². The number of nitrogens with zero attached hydrogens (tertiary/aromatic N) is 3. The summed E-state index contributed by atoms with van der Waals surface area (Å²) in [5, 5.41) is 10.9. The standard InChI is InChI=1S/C10H8BrN5O4S/c11-9-4-14-10(5-13-9)15-21(19,20)8-2-1-6(12)3-7(8)16(17)18/h1-5H,12H2,(H,14,15). The number of sulfonamides is 1. The molecule has 110 valence electrons. The maximum Gasteiger partial charge on any atom is 0.291 e. The van der Waals surface area contributed by atoms with Crippen LogP contribution in [-0.4, -0.2) is 23.3 Å². The molecule has 0 aliphatic carbocycles. The van der Waals surface area contributed by atoms with Crippen LogP contribution in [0.15, 0.2) is 40.1 Å². The number of rotatable bonds is 4. The molecule has 1 aromatic carbocycles. The second-order valence-electron chi connectivity index (χ2n) is 3.81. The molecule has 1 aromatic heterocycles. The number of nitro groups is 1. The van der Waals surface area contributed by atoms with Gasteiger partial charge in [-0.2, -0.15) is 0 Å². The average molecular weight is 374 g/mol. The van der Waals surface area contributed by atoms with Gasteiger partial charge in [0.25, 0.3) is 15.7 Å². The first-order valence-corrected chi connectivity index (χ1v) is 7.61. The summed E-state index contributed by atoms with van der Waals surface area (Å²) in [6, 6.07) is 3.29. The molecule has 21 heavy (non-hydrogen) atoms. The van der Waals surface area contributed by atoms with Crippen molar-refractivity contribution in [3.63, 3.8) is 0 Å². The molecule has 2 rings (SSSR count). The molecule has 3 N–H and O–H groups in total. The summed E-state index contributed by atoms with van der Waals surface area (Å²) in [4.78, 5) is 17.2. The fraction of sp³-hybridized carbons (Fsp3) is 0. The molecule has 0 saturated heterocycles. The van der Waals surface area contributed by atoms with Crippen molar-refractivity contribution in [1.82, 2.24) is 9.97 Å². The molecule has 9 nitrogen and oxygen atoms in total. The summed E-state index contributed by atoms with van der Waals surface area (Å²) in [6.45, 7) is 0. The first-order valence-electron chi connectivity index (χ1n) is 5.34. The van der Waals surface area contributed by atoms with E-state index in [1.807, 2.05) is 0 Å². The Morgan fingerprint density at radius 1 is 1.29 bits per heavy atom. The summed E-state index contributed by atoms with van der Waals surface area (Å²) < 4.78 is 26.9. The Kier molecular flexibility index (Phi) is 4.04. The van der Waals surface area contributed by atoms with Crippen molar-refractivity contribution in [2.45, 2.75) is 4.90 Å². The summed E-state index contributed by atoms with van der Waals surface area (Å²) in [5.74, 6) is -0.0654. The van der Waals surface area contributed by atoms with Crippen LogP contribution in [0.5, 0.6) is 0 Å². The van der Waals surface area contributed by atoms with Crippen molar-refractivity contribution in [1.29, 1.82) is 0 Å². The molecule has 0 aliphatic heterocycles. The Labute approximate surface area is 127 Å². The Morgan fingerprint density at radius 3 is 2.57 bits per heavy atom. The number of benzene rings is 1. The Balaban J connectivity index is 2.44. The van der Waals surface area contributed by atoms with Crippen molar-refractivity contribution >= 4 is 43.1 Å². The maximum atomic E-state index is 12.2. The minimum absolute atomic E-state index is 0.0654. The van der Waals surface area contributed by atoms with Crippen LogP contribution in [0.2, 0.25) is 0 Å². The van der Waals surface area contributed by atoms with Gasteiger partial charge in [-0.3, -0.25) is 14.8 Å². The number of hydrogen-bond donors (Lipinski definition) is 2. The highest BCUT2D eigenvalue weighted by Gasteiger charge is 2.26. The highest BCUT2D eigenvalue weighted by atomic mass is 79.9. The van der Waals surface area contributed by atoms with Gasteiger partial charge in [0.2, 0.25) is 0 Å². The van der Waals surface area contributed by atoms with E-state index in [9.17, 15) is 18.5 Å². The SMILES string of the molecule is Nc1ccc(S(=O)(=O)Nc2cnc(Br)cn2)c([N+](=O)[O-])c1. The lowest BCUT2D eigenvalue weighted by Crippen LogP contribution is -2.16. The molecule has 0 radical (unpaired) electrons. The van der Waals surface area contributed by atoms with Crippen LogP contribution in [-0.2, 0) is 10.0 Å². The van der Waals surface area contributed by atoms with Crippen molar-refractivity contribution in [2.24, 2.45) is 0 Å². The maximum absolute atomic E-state index is 12.2.